The molecule has 1 unspecified atom stereocenters. The minimum absolute atomic E-state index is 0.133. The maximum atomic E-state index is 14.2. The Kier molecular flexibility index (Phi) is 5.62. The number of aliphatic hydroxyl groups excluding tert-OH is 1. The third kappa shape index (κ3) is 3.95. The topological polar surface area (TPSA) is 92.9 Å². The molecule has 4 aromatic rings. The number of hydrogen-bond donors (Lipinski definition) is 1. The lowest BCUT2D eigenvalue weighted by Crippen LogP contribution is -2.29. The number of nitrogens with zero attached hydrogens (tertiary/aromatic N) is 2. The van der Waals surface area contributed by atoms with Crippen LogP contribution in [-0.4, -0.2) is 29.1 Å². The maximum absolute atomic E-state index is 14.2. The lowest BCUT2D eigenvalue weighted by molar-refractivity contribution is -0.132. The Labute approximate surface area is 199 Å². The van der Waals surface area contributed by atoms with Crippen LogP contribution in [0.25, 0.3) is 17.0 Å². The van der Waals surface area contributed by atoms with Crippen LogP contribution in [0.15, 0.2) is 95.2 Å². The van der Waals surface area contributed by atoms with Crippen molar-refractivity contribution in [2.24, 2.45) is 0 Å². The first-order chi connectivity index (χ1) is 17.0. The van der Waals surface area contributed by atoms with Crippen molar-refractivity contribution < 1.29 is 28.3 Å². The number of aliphatic hydroxyl groups is 1. The summed E-state index contributed by atoms with van der Waals surface area (Å²) >= 11 is 0. The summed E-state index contributed by atoms with van der Waals surface area (Å²) in [6, 6.07) is 19.5. The minimum atomic E-state index is -1.04. The van der Waals surface area contributed by atoms with Gasteiger partial charge in [-0.3, -0.25) is 14.5 Å². The second-order valence-corrected chi connectivity index (χ2v) is 7.88. The van der Waals surface area contributed by atoms with Gasteiger partial charge >= 0.3 is 0 Å². The van der Waals surface area contributed by atoms with Crippen LogP contribution in [0.3, 0.4) is 0 Å². The summed E-state index contributed by atoms with van der Waals surface area (Å²) < 4.78 is 24.2. The molecule has 1 aliphatic heterocycles. The predicted octanol–water partition coefficient (Wildman–Crippen LogP) is 5.12. The van der Waals surface area contributed by atoms with Gasteiger partial charge in [-0.05, 0) is 54.1 Å². The molecule has 0 aliphatic carbocycles. The zero-order valence-corrected chi connectivity index (χ0v) is 18.5. The van der Waals surface area contributed by atoms with Crippen molar-refractivity contribution in [1.82, 2.24) is 5.16 Å². The number of Topliss-reactive ketones (excluding diaryl/α,β-unsaturated/α-hetero) is 1. The van der Waals surface area contributed by atoms with Gasteiger partial charge in [-0.15, -0.1) is 0 Å². The van der Waals surface area contributed by atoms with E-state index in [0.717, 1.165) is 5.56 Å². The number of benzene rings is 3. The number of amides is 1. The molecule has 0 bridgehead atoms. The largest absolute Gasteiger partial charge is 0.507 e. The van der Waals surface area contributed by atoms with Gasteiger partial charge in [0.2, 0.25) is 0 Å². The van der Waals surface area contributed by atoms with Crippen molar-refractivity contribution in [3.05, 3.63) is 108 Å². The molecule has 0 spiro atoms. The van der Waals surface area contributed by atoms with E-state index in [1.807, 2.05) is 0 Å². The van der Waals surface area contributed by atoms with Crippen molar-refractivity contribution >= 4 is 23.1 Å². The van der Waals surface area contributed by atoms with E-state index < -0.39 is 23.5 Å². The van der Waals surface area contributed by atoms with E-state index in [9.17, 15) is 19.1 Å². The molecule has 1 aromatic heterocycles. The smallest absolute Gasteiger partial charge is 0.300 e. The van der Waals surface area contributed by atoms with Gasteiger partial charge in [0.15, 0.2) is 0 Å². The summed E-state index contributed by atoms with van der Waals surface area (Å²) in [7, 11) is 1.51. The van der Waals surface area contributed by atoms with Crippen molar-refractivity contribution in [3.63, 3.8) is 0 Å². The summed E-state index contributed by atoms with van der Waals surface area (Å²) in [6.45, 7) is 0. The van der Waals surface area contributed by atoms with E-state index >= 15 is 0 Å². The van der Waals surface area contributed by atoms with Crippen LogP contribution in [0.4, 0.5) is 10.1 Å². The zero-order valence-electron chi connectivity index (χ0n) is 18.5. The van der Waals surface area contributed by atoms with Crippen LogP contribution in [0.2, 0.25) is 0 Å². The van der Waals surface area contributed by atoms with E-state index in [2.05, 4.69) is 5.16 Å². The monoisotopic (exact) mass is 470 g/mol. The molecule has 1 atom stereocenters. The molecule has 2 heterocycles. The zero-order chi connectivity index (χ0) is 24.5. The number of aromatic nitrogens is 1. The molecule has 8 heteroatoms. The standard InChI is InChI=1S/C27H19FN2O5/c1-34-21-11-7-17(8-12-21)25(31)23-24(18-3-2-4-19(28)15-18)30(27(33)26(23)32)20-9-5-16(6-10-20)22-13-14-35-29-22/h2-15,24,31H,1H3. The van der Waals surface area contributed by atoms with Crippen LogP contribution in [-0.2, 0) is 9.59 Å². The van der Waals surface area contributed by atoms with Gasteiger partial charge in [0.05, 0.1) is 18.7 Å². The molecule has 174 valence electrons. The van der Waals surface area contributed by atoms with Crippen LogP contribution in [0.5, 0.6) is 5.75 Å². The van der Waals surface area contributed by atoms with Crippen molar-refractivity contribution in [3.8, 4) is 17.0 Å². The summed E-state index contributed by atoms with van der Waals surface area (Å²) in [5.41, 5.74) is 2.31. The third-order valence-corrected chi connectivity index (χ3v) is 5.85. The van der Waals surface area contributed by atoms with E-state index in [1.54, 1.807) is 60.7 Å². The van der Waals surface area contributed by atoms with E-state index in [4.69, 9.17) is 9.26 Å². The van der Waals surface area contributed by atoms with Gasteiger partial charge in [0.1, 0.15) is 29.3 Å². The highest BCUT2D eigenvalue weighted by Crippen LogP contribution is 2.42. The first-order valence-corrected chi connectivity index (χ1v) is 10.7. The summed E-state index contributed by atoms with van der Waals surface area (Å²) in [4.78, 5) is 27.7. The summed E-state index contributed by atoms with van der Waals surface area (Å²) in [5, 5.41) is 15.0. The molecule has 35 heavy (non-hydrogen) atoms. The average Bonchev–Trinajstić information content (AvgIpc) is 3.51. The molecule has 1 N–H and O–H groups in total. The number of methoxy groups -OCH3 is 1. The van der Waals surface area contributed by atoms with Crippen LogP contribution >= 0.6 is 0 Å². The normalized spacial score (nSPS) is 17.1. The highest BCUT2D eigenvalue weighted by Gasteiger charge is 2.47. The van der Waals surface area contributed by atoms with E-state index in [-0.39, 0.29) is 11.3 Å². The number of carbonyl (C=O) groups excluding carboxylic acids is 2. The molecule has 3 aromatic carbocycles. The molecular weight excluding hydrogens is 451 g/mol. The highest BCUT2D eigenvalue weighted by molar-refractivity contribution is 6.51. The number of rotatable bonds is 5. The summed E-state index contributed by atoms with van der Waals surface area (Å²) in [6.07, 6.45) is 1.45. The number of ketones is 1. The van der Waals surface area contributed by atoms with Gasteiger partial charge in [-0.1, -0.05) is 29.4 Å². The number of halogens is 1. The second kappa shape index (κ2) is 8.90. The molecule has 1 saturated heterocycles. The Bertz CT molecular complexity index is 1430. The molecule has 0 saturated carbocycles. The average molecular weight is 470 g/mol. The quantitative estimate of drug-likeness (QED) is 0.247. The van der Waals surface area contributed by atoms with Crippen molar-refractivity contribution in [1.29, 1.82) is 0 Å². The third-order valence-electron chi connectivity index (χ3n) is 5.85. The molecule has 1 amide bonds. The van der Waals surface area contributed by atoms with Gasteiger partial charge in [-0.25, -0.2) is 4.39 Å². The first-order valence-electron chi connectivity index (χ1n) is 10.7. The SMILES string of the molecule is COc1ccc(C(O)=C2C(=O)C(=O)N(c3ccc(-c4ccon4)cc3)C2c2cccc(F)c2)cc1. The van der Waals surface area contributed by atoms with E-state index in [1.165, 1.54) is 36.5 Å². The molecule has 1 aliphatic rings. The van der Waals surface area contributed by atoms with E-state index in [0.29, 0.717) is 28.3 Å². The maximum Gasteiger partial charge on any atom is 0.300 e. The molecule has 5 rings (SSSR count). The van der Waals surface area contributed by atoms with Crippen LogP contribution < -0.4 is 9.64 Å². The minimum Gasteiger partial charge on any atom is -0.507 e. The Morgan fingerprint density at radius 1 is 1.03 bits per heavy atom. The number of hydrogen-bond acceptors (Lipinski definition) is 6. The lowest BCUT2D eigenvalue weighted by Gasteiger charge is -2.25. The van der Waals surface area contributed by atoms with Crippen molar-refractivity contribution in [2.45, 2.75) is 6.04 Å². The fraction of sp³-hybridized carbons (Fsp3) is 0.0741. The van der Waals surface area contributed by atoms with Gasteiger partial charge in [0, 0.05) is 22.9 Å². The number of ether oxygens (including phenoxy) is 1. The van der Waals surface area contributed by atoms with Crippen LogP contribution in [0.1, 0.15) is 17.2 Å². The Balaban J connectivity index is 1.65. The lowest BCUT2D eigenvalue weighted by atomic mass is 9.95. The predicted molar refractivity (Wildman–Crippen MR) is 126 cm³/mol. The van der Waals surface area contributed by atoms with Gasteiger partial charge in [0.25, 0.3) is 11.7 Å². The fourth-order valence-electron chi connectivity index (χ4n) is 4.15. The fourth-order valence-corrected chi connectivity index (χ4v) is 4.15. The van der Waals surface area contributed by atoms with Crippen molar-refractivity contribution in [2.75, 3.05) is 12.0 Å². The summed E-state index contributed by atoms with van der Waals surface area (Å²) in [5.74, 6) is -2.02. The Hall–Kier alpha value is -4.72. The van der Waals surface area contributed by atoms with Gasteiger partial charge < -0.3 is 14.4 Å². The molecular formula is C27H19FN2O5. The number of anilines is 1. The first kappa shape index (κ1) is 22.1. The number of carbonyl (C=O) groups is 2. The Morgan fingerprint density at radius 2 is 1.77 bits per heavy atom. The second-order valence-electron chi connectivity index (χ2n) is 7.88. The Morgan fingerprint density at radius 3 is 2.40 bits per heavy atom. The molecule has 7 nitrogen and oxygen atoms in total. The molecule has 0 radical (unpaired) electrons. The van der Waals surface area contributed by atoms with Crippen LogP contribution in [0, 0.1) is 5.82 Å². The highest BCUT2D eigenvalue weighted by atomic mass is 19.1. The molecule has 1 fully saturated rings. The van der Waals surface area contributed by atoms with Gasteiger partial charge in [-0.2, -0.15) is 0 Å².